The SMILES string of the molecule is COC(=O)CC1(C(C)N)CCCc2sccc21. The molecule has 2 rings (SSSR count). The van der Waals surface area contributed by atoms with Crippen LogP contribution in [0, 0.1) is 0 Å². The summed E-state index contributed by atoms with van der Waals surface area (Å²) in [5, 5.41) is 2.10. The molecule has 3 nitrogen and oxygen atoms in total. The Bertz CT molecular complexity index is 413. The van der Waals surface area contributed by atoms with E-state index < -0.39 is 0 Å². The zero-order valence-electron chi connectivity index (χ0n) is 10.4. The van der Waals surface area contributed by atoms with Gasteiger partial charge in [0.15, 0.2) is 0 Å². The minimum absolute atomic E-state index is 0.0322. The topological polar surface area (TPSA) is 52.3 Å². The molecule has 1 aliphatic carbocycles. The van der Waals surface area contributed by atoms with E-state index in [0.29, 0.717) is 6.42 Å². The third-order valence-electron chi connectivity index (χ3n) is 3.87. The van der Waals surface area contributed by atoms with Gasteiger partial charge in [0.2, 0.25) is 0 Å². The van der Waals surface area contributed by atoms with Gasteiger partial charge in [0.1, 0.15) is 0 Å². The van der Waals surface area contributed by atoms with E-state index in [-0.39, 0.29) is 17.4 Å². The van der Waals surface area contributed by atoms with Gasteiger partial charge in [-0.2, -0.15) is 0 Å². The molecule has 0 saturated carbocycles. The van der Waals surface area contributed by atoms with E-state index in [9.17, 15) is 4.79 Å². The molecule has 0 aromatic carbocycles. The normalized spacial score (nSPS) is 25.1. The van der Waals surface area contributed by atoms with Crippen molar-refractivity contribution in [3.8, 4) is 0 Å². The average molecular weight is 253 g/mol. The molecule has 0 aliphatic heterocycles. The molecule has 0 spiro atoms. The summed E-state index contributed by atoms with van der Waals surface area (Å²) in [6.45, 7) is 2.00. The summed E-state index contributed by atoms with van der Waals surface area (Å²) in [6, 6.07) is 2.10. The number of methoxy groups -OCH3 is 1. The number of carbonyl (C=O) groups is 1. The molecule has 2 unspecified atom stereocenters. The maximum absolute atomic E-state index is 11.6. The first kappa shape index (κ1) is 12.6. The third kappa shape index (κ3) is 2.11. The second-order valence-corrected chi connectivity index (χ2v) is 5.81. The average Bonchev–Trinajstić information content (AvgIpc) is 2.78. The Morgan fingerprint density at radius 3 is 3.12 bits per heavy atom. The van der Waals surface area contributed by atoms with Crippen LogP contribution in [-0.4, -0.2) is 19.1 Å². The minimum atomic E-state index is -0.222. The number of rotatable bonds is 3. The van der Waals surface area contributed by atoms with Crippen molar-refractivity contribution in [3.05, 3.63) is 21.9 Å². The molecule has 0 amide bonds. The second kappa shape index (κ2) is 4.78. The predicted molar refractivity (Wildman–Crippen MR) is 69.2 cm³/mol. The van der Waals surface area contributed by atoms with E-state index in [2.05, 4.69) is 11.4 Å². The Morgan fingerprint density at radius 2 is 2.47 bits per heavy atom. The van der Waals surface area contributed by atoms with Gasteiger partial charge in [-0.25, -0.2) is 0 Å². The van der Waals surface area contributed by atoms with Crippen LogP contribution in [0.5, 0.6) is 0 Å². The van der Waals surface area contributed by atoms with Crippen molar-refractivity contribution in [3.63, 3.8) is 0 Å². The van der Waals surface area contributed by atoms with Gasteiger partial charge in [-0.05, 0) is 43.2 Å². The fourth-order valence-corrected chi connectivity index (χ4v) is 3.85. The van der Waals surface area contributed by atoms with Crippen LogP contribution in [0.25, 0.3) is 0 Å². The van der Waals surface area contributed by atoms with Crippen molar-refractivity contribution in [2.75, 3.05) is 7.11 Å². The van der Waals surface area contributed by atoms with Crippen molar-refractivity contribution >= 4 is 17.3 Å². The summed E-state index contributed by atoms with van der Waals surface area (Å²) in [4.78, 5) is 13.0. The van der Waals surface area contributed by atoms with Gasteiger partial charge in [0, 0.05) is 16.3 Å². The number of thiophene rings is 1. The van der Waals surface area contributed by atoms with E-state index in [1.165, 1.54) is 17.6 Å². The maximum atomic E-state index is 11.6. The highest BCUT2D eigenvalue weighted by Crippen LogP contribution is 2.44. The quantitative estimate of drug-likeness (QED) is 0.840. The molecule has 2 N–H and O–H groups in total. The molecule has 17 heavy (non-hydrogen) atoms. The zero-order valence-corrected chi connectivity index (χ0v) is 11.2. The van der Waals surface area contributed by atoms with Crippen LogP contribution in [0.4, 0.5) is 0 Å². The highest BCUT2D eigenvalue weighted by molar-refractivity contribution is 7.10. The summed E-state index contributed by atoms with van der Waals surface area (Å²) < 4.78 is 4.83. The molecular formula is C13H19NO2S. The molecule has 2 atom stereocenters. The standard InChI is InChI=1S/C13H19NO2S/c1-9(14)13(8-12(15)16-2)6-3-4-11-10(13)5-7-17-11/h5,7,9H,3-4,6,8,14H2,1-2H3. The Hall–Kier alpha value is -0.870. The van der Waals surface area contributed by atoms with Crippen LogP contribution in [0.2, 0.25) is 0 Å². The number of esters is 1. The summed E-state index contributed by atoms with van der Waals surface area (Å²) >= 11 is 1.77. The molecule has 4 heteroatoms. The summed E-state index contributed by atoms with van der Waals surface area (Å²) in [6.07, 6.45) is 3.59. The molecule has 0 saturated heterocycles. The number of hydrogen-bond acceptors (Lipinski definition) is 4. The van der Waals surface area contributed by atoms with Gasteiger partial charge in [0.25, 0.3) is 0 Å². The number of hydrogen-bond donors (Lipinski definition) is 1. The number of nitrogens with two attached hydrogens (primary N) is 1. The monoisotopic (exact) mass is 253 g/mol. The van der Waals surface area contributed by atoms with Crippen molar-refractivity contribution in [2.24, 2.45) is 5.73 Å². The van der Waals surface area contributed by atoms with Crippen LogP contribution < -0.4 is 5.73 Å². The molecular weight excluding hydrogens is 234 g/mol. The predicted octanol–water partition coefficient (Wildman–Crippen LogP) is 2.23. The molecule has 0 radical (unpaired) electrons. The van der Waals surface area contributed by atoms with Crippen molar-refractivity contribution in [1.82, 2.24) is 0 Å². The largest absolute Gasteiger partial charge is 0.469 e. The summed E-state index contributed by atoms with van der Waals surface area (Å²) in [5.74, 6) is -0.165. The maximum Gasteiger partial charge on any atom is 0.306 e. The molecule has 1 aromatic rings. The second-order valence-electron chi connectivity index (χ2n) is 4.81. The molecule has 94 valence electrons. The fraction of sp³-hybridized carbons (Fsp3) is 0.615. The minimum Gasteiger partial charge on any atom is -0.469 e. The zero-order chi connectivity index (χ0) is 12.5. The summed E-state index contributed by atoms with van der Waals surface area (Å²) in [7, 11) is 1.44. The number of fused-ring (bicyclic) bond motifs is 1. The Labute approximate surface area is 106 Å². The lowest BCUT2D eigenvalue weighted by Crippen LogP contribution is -2.47. The van der Waals surface area contributed by atoms with Gasteiger partial charge in [0.05, 0.1) is 13.5 Å². The van der Waals surface area contributed by atoms with Crippen LogP contribution in [0.15, 0.2) is 11.4 Å². The number of aryl methyl sites for hydroxylation is 1. The Kier molecular flexibility index (Phi) is 3.54. The highest BCUT2D eigenvalue weighted by atomic mass is 32.1. The first-order valence-corrected chi connectivity index (χ1v) is 6.87. The van der Waals surface area contributed by atoms with Gasteiger partial charge in [-0.1, -0.05) is 0 Å². The molecule has 1 aromatic heterocycles. The van der Waals surface area contributed by atoms with Crippen molar-refractivity contribution < 1.29 is 9.53 Å². The highest BCUT2D eigenvalue weighted by Gasteiger charge is 2.42. The van der Waals surface area contributed by atoms with Crippen LogP contribution in [0.1, 0.15) is 36.6 Å². The van der Waals surface area contributed by atoms with Gasteiger partial charge in [-0.15, -0.1) is 11.3 Å². The molecule has 1 heterocycles. The fourth-order valence-electron chi connectivity index (χ4n) is 2.82. The lowest BCUT2D eigenvalue weighted by molar-refractivity contribution is -0.142. The smallest absolute Gasteiger partial charge is 0.306 e. The first-order chi connectivity index (χ1) is 8.10. The van der Waals surface area contributed by atoms with Gasteiger partial charge < -0.3 is 10.5 Å². The number of carbonyl (C=O) groups excluding carboxylic acids is 1. The van der Waals surface area contributed by atoms with E-state index >= 15 is 0 Å². The Balaban J connectivity index is 2.40. The van der Waals surface area contributed by atoms with Crippen LogP contribution in [0.3, 0.4) is 0 Å². The van der Waals surface area contributed by atoms with Crippen LogP contribution >= 0.6 is 11.3 Å². The van der Waals surface area contributed by atoms with Crippen LogP contribution in [-0.2, 0) is 21.4 Å². The van der Waals surface area contributed by atoms with Gasteiger partial charge in [-0.3, -0.25) is 4.79 Å². The molecule has 0 bridgehead atoms. The van der Waals surface area contributed by atoms with E-state index in [0.717, 1.165) is 19.3 Å². The van der Waals surface area contributed by atoms with Crippen molar-refractivity contribution in [2.45, 2.75) is 44.1 Å². The molecule has 1 aliphatic rings. The lowest BCUT2D eigenvalue weighted by atomic mass is 9.66. The van der Waals surface area contributed by atoms with E-state index in [4.69, 9.17) is 10.5 Å². The first-order valence-electron chi connectivity index (χ1n) is 5.99. The number of ether oxygens (including phenoxy) is 1. The third-order valence-corrected chi connectivity index (χ3v) is 4.85. The lowest BCUT2D eigenvalue weighted by Gasteiger charge is -2.40. The van der Waals surface area contributed by atoms with Gasteiger partial charge >= 0.3 is 5.97 Å². The molecule has 0 fully saturated rings. The van der Waals surface area contributed by atoms with E-state index in [1.54, 1.807) is 11.3 Å². The summed E-state index contributed by atoms with van der Waals surface area (Å²) in [5.41, 5.74) is 7.23. The van der Waals surface area contributed by atoms with E-state index in [1.807, 2.05) is 6.92 Å². The van der Waals surface area contributed by atoms with Crippen molar-refractivity contribution in [1.29, 1.82) is 0 Å². The Morgan fingerprint density at radius 1 is 1.71 bits per heavy atom.